The lowest BCUT2D eigenvalue weighted by Gasteiger charge is -2.34. The molecule has 3 aromatic rings. The first kappa shape index (κ1) is 33.0. The van der Waals surface area contributed by atoms with Crippen LogP contribution in [0.5, 0.6) is 11.5 Å². The van der Waals surface area contributed by atoms with Gasteiger partial charge >= 0.3 is 0 Å². The zero-order valence-corrected chi connectivity index (χ0v) is 26.5. The molecule has 1 atom stereocenters. The maximum atomic E-state index is 14.2. The van der Waals surface area contributed by atoms with E-state index < -0.39 is 34.4 Å². The predicted octanol–water partition coefficient (Wildman–Crippen LogP) is 4.94. The molecule has 0 saturated carbocycles. The molecule has 226 valence electrons. The summed E-state index contributed by atoms with van der Waals surface area (Å²) in [7, 11) is -1.17. The van der Waals surface area contributed by atoms with E-state index in [0.29, 0.717) is 21.4 Å². The van der Waals surface area contributed by atoms with Gasteiger partial charge in [0.05, 0.1) is 26.2 Å². The SMILES string of the molecule is COc1ccc(OC)c(N(CC(=O)N(Cc2ccc(Cl)cc2Cl)[C@H](Cc2ccccc2)C(=O)NC(C)C)S(C)(=O)=O)c1. The van der Waals surface area contributed by atoms with Crippen molar-refractivity contribution in [1.29, 1.82) is 0 Å². The second-order valence-electron chi connectivity index (χ2n) is 9.93. The molecule has 12 heteroatoms. The second-order valence-corrected chi connectivity index (χ2v) is 12.7. The van der Waals surface area contributed by atoms with Crippen molar-refractivity contribution in [2.45, 2.75) is 38.9 Å². The van der Waals surface area contributed by atoms with Crippen LogP contribution in [0, 0.1) is 0 Å². The van der Waals surface area contributed by atoms with Crippen LogP contribution in [-0.2, 0) is 32.6 Å². The standard InChI is InChI=1S/C30H35Cl2N3O6S/c1-20(2)33-30(37)27(15-21-9-7-6-8-10-21)34(18-22-11-12-23(31)16-25(22)32)29(36)19-35(42(5,38)39)26-17-24(40-3)13-14-28(26)41-4/h6-14,16-17,20,27H,15,18-19H2,1-5H3,(H,33,37)/t27-/m1/s1. The molecule has 0 aliphatic heterocycles. The lowest BCUT2D eigenvalue weighted by molar-refractivity contribution is -0.140. The van der Waals surface area contributed by atoms with Gasteiger partial charge in [-0.15, -0.1) is 0 Å². The number of amides is 2. The fraction of sp³-hybridized carbons (Fsp3) is 0.333. The number of ether oxygens (including phenoxy) is 2. The Labute approximate surface area is 257 Å². The zero-order chi connectivity index (χ0) is 31.0. The summed E-state index contributed by atoms with van der Waals surface area (Å²) in [5, 5.41) is 3.61. The number of rotatable bonds is 13. The Bertz CT molecular complexity index is 1500. The fourth-order valence-corrected chi connectivity index (χ4v) is 5.67. The smallest absolute Gasteiger partial charge is 0.244 e. The van der Waals surface area contributed by atoms with Gasteiger partial charge in [-0.2, -0.15) is 0 Å². The number of hydrogen-bond donors (Lipinski definition) is 1. The molecule has 0 aromatic heterocycles. The second kappa shape index (κ2) is 14.6. The number of nitrogens with zero attached hydrogens (tertiary/aromatic N) is 2. The van der Waals surface area contributed by atoms with Crippen LogP contribution in [0.1, 0.15) is 25.0 Å². The highest BCUT2D eigenvalue weighted by molar-refractivity contribution is 7.92. The van der Waals surface area contributed by atoms with Crippen LogP contribution in [-0.4, -0.2) is 64.2 Å². The van der Waals surface area contributed by atoms with Gasteiger partial charge in [-0.25, -0.2) is 8.42 Å². The van der Waals surface area contributed by atoms with Crippen molar-refractivity contribution in [2.24, 2.45) is 0 Å². The van der Waals surface area contributed by atoms with Gasteiger partial charge in [0.1, 0.15) is 24.1 Å². The van der Waals surface area contributed by atoms with Crippen LogP contribution < -0.4 is 19.1 Å². The van der Waals surface area contributed by atoms with Crippen molar-refractivity contribution in [3.63, 3.8) is 0 Å². The van der Waals surface area contributed by atoms with Gasteiger partial charge in [0.15, 0.2) is 0 Å². The number of carbonyl (C=O) groups is 2. The van der Waals surface area contributed by atoms with Crippen LogP contribution in [0.2, 0.25) is 10.0 Å². The van der Waals surface area contributed by atoms with E-state index in [1.54, 1.807) is 30.3 Å². The van der Waals surface area contributed by atoms with Gasteiger partial charge in [0, 0.05) is 35.1 Å². The van der Waals surface area contributed by atoms with Crippen LogP contribution in [0.4, 0.5) is 5.69 Å². The fourth-order valence-electron chi connectivity index (χ4n) is 4.35. The number of nitrogens with one attached hydrogen (secondary N) is 1. The van der Waals surface area contributed by atoms with E-state index in [0.717, 1.165) is 16.1 Å². The molecule has 0 heterocycles. The maximum absolute atomic E-state index is 14.2. The summed E-state index contributed by atoms with van der Waals surface area (Å²) in [4.78, 5) is 29.2. The number of hydrogen-bond acceptors (Lipinski definition) is 6. The molecule has 3 aromatic carbocycles. The Morgan fingerprint density at radius 2 is 1.64 bits per heavy atom. The van der Waals surface area contributed by atoms with Gasteiger partial charge in [0.25, 0.3) is 0 Å². The predicted molar refractivity (Wildman–Crippen MR) is 166 cm³/mol. The van der Waals surface area contributed by atoms with Crippen molar-refractivity contribution in [2.75, 3.05) is 31.3 Å². The Balaban J connectivity index is 2.14. The molecule has 3 rings (SSSR count). The Kier molecular flexibility index (Phi) is 11.5. The number of benzene rings is 3. The molecule has 42 heavy (non-hydrogen) atoms. The quantitative estimate of drug-likeness (QED) is 0.285. The third-order valence-electron chi connectivity index (χ3n) is 6.39. The van der Waals surface area contributed by atoms with Crippen molar-refractivity contribution < 1.29 is 27.5 Å². The lowest BCUT2D eigenvalue weighted by Crippen LogP contribution is -2.54. The Hall–Kier alpha value is -3.47. The van der Waals surface area contributed by atoms with Gasteiger partial charge in [-0.3, -0.25) is 13.9 Å². The molecular formula is C30H35Cl2N3O6S. The molecule has 0 saturated heterocycles. The lowest BCUT2D eigenvalue weighted by atomic mass is 10.0. The van der Waals surface area contributed by atoms with E-state index in [1.165, 1.54) is 25.2 Å². The molecule has 0 spiro atoms. The summed E-state index contributed by atoms with van der Waals surface area (Å²) in [6.07, 6.45) is 1.17. The number of anilines is 1. The van der Waals surface area contributed by atoms with Crippen LogP contribution >= 0.6 is 23.2 Å². The molecule has 0 unspecified atom stereocenters. The maximum Gasteiger partial charge on any atom is 0.244 e. The third-order valence-corrected chi connectivity index (χ3v) is 8.11. The Morgan fingerprint density at radius 1 is 0.952 bits per heavy atom. The summed E-state index contributed by atoms with van der Waals surface area (Å²) in [5.41, 5.74) is 1.47. The van der Waals surface area contributed by atoms with Crippen LogP contribution in [0.3, 0.4) is 0 Å². The highest BCUT2D eigenvalue weighted by Gasteiger charge is 2.34. The van der Waals surface area contributed by atoms with Crippen LogP contribution in [0.25, 0.3) is 0 Å². The summed E-state index contributed by atoms with van der Waals surface area (Å²) in [6, 6.07) is 17.5. The number of halogens is 2. The minimum Gasteiger partial charge on any atom is -0.497 e. The van der Waals surface area contributed by atoms with Gasteiger partial charge < -0.3 is 19.7 Å². The van der Waals surface area contributed by atoms with Crippen molar-refractivity contribution in [3.05, 3.63) is 87.9 Å². The molecule has 0 fully saturated rings. The molecule has 0 bridgehead atoms. The molecule has 0 aliphatic carbocycles. The minimum absolute atomic E-state index is 0.0787. The van der Waals surface area contributed by atoms with E-state index in [-0.39, 0.29) is 30.4 Å². The summed E-state index contributed by atoms with van der Waals surface area (Å²) in [5.74, 6) is -0.428. The first-order valence-corrected chi connectivity index (χ1v) is 15.7. The highest BCUT2D eigenvalue weighted by atomic mass is 35.5. The first-order valence-electron chi connectivity index (χ1n) is 13.1. The molecular weight excluding hydrogens is 601 g/mol. The highest BCUT2D eigenvalue weighted by Crippen LogP contribution is 2.34. The van der Waals surface area contributed by atoms with E-state index >= 15 is 0 Å². The minimum atomic E-state index is -4.01. The molecule has 2 amide bonds. The molecule has 0 aliphatic rings. The average Bonchev–Trinajstić information content (AvgIpc) is 2.93. The van der Waals surface area contributed by atoms with Crippen molar-refractivity contribution in [3.8, 4) is 11.5 Å². The zero-order valence-electron chi connectivity index (χ0n) is 24.1. The first-order chi connectivity index (χ1) is 19.8. The van der Waals surface area contributed by atoms with Gasteiger partial charge in [0.2, 0.25) is 21.8 Å². The van der Waals surface area contributed by atoms with Crippen LogP contribution in [0.15, 0.2) is 66.7 Å². The molecule has 9 nitrogen and oxygen atoms in total. The van der Waals surface area contributed by atoms with Gasteiger partial charge in [-0.1, -0.05) is 59.6 Å². The topological polar surface area (TPSA) is 105 Å². The Morgan fingerprint density at radius 3 is 2.21 bits per heavy atom. The molecule has 1 N–H and O–H groups in total. The average molecular weight is 637 g/mol. The van der Waals surface area contributed by atoms with E-state index in [2.05, 4.69) is 5.32 Å². The number of sulfonamides is 1. The number of carbonyl (C=O) groups excluding carboxylic acids is 2. The van der Waals surface area contributed by atoms with E-state index in [1.807, 2.05) is 44.2 Å². The van der Waals surface area contributed by atoms with Crippen molar-refractivity contribution in [1.82, 2.24) is 10.2 Å². The van der Waals surface area contributed by atoms with E-state index in [4.69, 9.17) is 32.7 Å². The number of methoxy groups -OCH3 is 2. The summed E-state index contributed by atoms with van der Waals surface area (Å²) in [6.45, 7) is 2.94. The van der Waals surface area contributed by atoms with Crippen molar-refractivity contribution >= 4 is 50.7 Å². The summed E-state index contributed by atoms with van der Waals surface area (Å²) >= 11 is 12.6. The summed E-state index contributed by atoms with van der Waals surface area (Å²) < 4.78 is 37.8. The molecule has 0 radical (unpaired) electrons. The normalized spacial score (nSPS) is 12.0. The van der Waals surface area contributed by atoms with Gasteiger partial charge in [-0.05, 0) is 49.2 Å². The monoisotopic (exact) mass is 635 g/mol. The largest absolute Gasteiger partial charge is 0.497 e. The van der Waals surface area contributed by atoms with E-state index in [9.17, 15) is 18.0 Å². The third kappa shape index (κ3) is 8.77.